The van der Waals surface area contributed by atoms with Crippen molar-refractivity contribution in [2.75, 3.05) is 20.1 Å². The fraction of sp³-hybridized carbons (Fsp3) is 0.409. The van der Waals surface area contributed by atoms with E-state index in [1.165, 1.54) is 6.08 Å². The van der Waals surface area contributed by atoms with Crippen LogP contribution in [-0.2, 0) is 20.8 Å². The number of carboxylic acid groups (broad SMARTS) is 1. The molecule has 0 fully saturated rings. The van der Waals surface area contributed by atoms with E-state index in [-0.39, 0.29) is 19.4 Å². The summed E-state index contributed by atoms with van der Waals surface area (Å²) in [6.07, 6.45) is -3.02. The molecule has 1 aliphatic heterocycles. The number of benzene rings is 1. The van der Waals surface area contributed by atoms with Gasteiger partial charge < -0.3 is 23.9 Å². The lowest BCUT2D eigenvalue weighted by Gasteiger charge is -2.24. The van der Waals surface area contributed by atoms with Crippen molar-refractivity contribution in [2.45, 2.75) is 31.7 Å². The molecule has 2 aliphatic rings. The summed E-state index contributed by atoms with van der Waals surface area (Å²) in [4.78, 5) is 11.1. The van der Waals surface area contributed by atoms with E-state index in [2.05, 4.69) is 4.74 Å². The number of halogens is 4. The van der Waals surface area contributed by atoms with Crippen LogP contribution < -0.4 is 4.74 Å². The molecule has 172 valence electrons. The molecular formula is C22H21F4NO5. The number of aromatic nitrogens is 1. The van der Waals surface area contributed by atoms with Crippen molar-refractivity contribution in [2.24, 2.45) is 5.92 Å². The zero-order valence-corrected chi connectivity index (χ0v) is 16.9. The number of allylic oxidation sites excluding steroid dienone is 2. The summed E-state index contributed by atoms with van der Waals surface area (Å²) in [5, 5.41) is 9.93. The number of fused-ring (bicyclic) bond motifs is 3. The molecule has 0 spiro atoms. The van der Waals surface area contributed by atoms with E-state index < -0.39 is 42.4 Å². The zero-order valence-electron chi connectivity index (χ0n) is 16.9. The Kier molecular flexibility index (Phi) is 6.14. The number of aliphatic carboxylic acids is 1. The highest BCUT2D eigenvalue weighted by Crippen LogP contribution is 2.38. The molecule has 2 atom stereocenters. The van der Waals surface area contributed by atoms with Gasteiger partial charge in [0.05, 0.1) is 25.2 Å². The summed E-state index contributed by atoms with van der Waals surface area (Å²) in [5.74, 6) is -1.53. The lowest BCUT2D eigenvalue weighted by atomic mass is 9.93. The van der Waals surface area contributed by atoms with Crippen LogP contribution in [0.15, 0.2) is 47.7 Å². The predicted octanol–water partition coefficient (Wildman–Crippen LogP) is 4.90. The molecule has 0 amide bonds. The first-order chi connectivity index (χ1) is 15.3. The maximum Gasteiger partial charge on any atom is 0.416 e. The number of carbonyl (C=O) groups is 1. The van der Waals surface area contributed by atoms with Crippen molar-refractivity contribution in [3.8, 4) is 5.75 Å². The van der Waals surface area contributed by atoms with Gasteiger partial charge in [-0.05, 0) is 36.8 Å². The molecule has 0 bridgehead atoms. The average molecular weight is 455 g/mol. The molecule has 2 unspecified atom stereocenters. The Balaban J connectivity index is 1.48. The highest BCUT2D eigenvalue weighted by molar-refractivity contribution is 5.83. The van der Waals surface area contributed by atoms with E-state index in [0.717, 1.165) is 22.7 Å². The van der Waals surface area contributed by atoms with Gasteiger partial charge in [-0.25, -0.2) is 4.39 Å². The first kappa shape index (κ1) is 22.2. The van der Waals surface area contributed by atoms with Crippen LogP contribution in [0.5, 0.6) is 5.75 Å². The smallest absolute Gasteiger partial charge is 0.416 e. The van der Waals surface area contributed by atoms with Crippen LogP contribution in [0.2, 0.25) is 0 Å². The quantitative estimate of drug-likeness (QED) is 0.602. The summed E-state index contributed by atoms with van der Waals surface area (Å²) in [5.41, 5.74) is 0.756. The SMILES string of the molecule is O=C(O)CC1OCCn2c1cc1cc(OCC3C=CC(OCF)=C(C(F)(F)F)C3)ccc12. The molecule has 1 aromatic carbocycles. The molecule has 0 saturated carbocycles. The summed E-state index contributed by atoms with van der Waals surface area (Å²) in [6.45, 7) is -0.328. The third-order valence-corrected chi connectivity index (χ3v) is 5.53. The molecule has 4 rings (SSSR count). The van der Waals surface area contributed by atoms with E-state index in [1.807, 2.05) is 16.7 Å². The summed E-state index contributed by atoms with van der Waals surface area (Å²) in [6, 6.07) is 7.17. The van der Waals surface area contributed by atoms with Gasteiger partial charge in [0.25, 0.3) is 0 Å². The third kappa shape index (κ3) is 4.59. The lowest BCUT2D eigenvalue weighted by molar-refractivity contribution is -0.141. The number of ether oxygens (including phenoxy) is 3. The Morgan fingerprint density at radius 3 is 2.78 bits per heavy atom. The monoisotopic (exact) mass is 455 g/mol. The molecule has 6 nitrogen and oxygen atoms in total. The number of carboxylic acids is 1. The minimum Gasteiger partial charge on any atom is -0.493 e. The van der Waals surface area contributed by atoms with Crippen LogP contribution in [0.1, 0.15) is 24.6 Å². The van der Waals surface area contributed by atoms with Crippen molar-refractivity contribution in [1.29, 1.82) is 0 Å². The fourth-order valence-electron chi connectivity index (χ4n) is 4.09. The highest BCUT2D eigenvalue weighted by Gasteiger charge is 2.39. The second-order valence-electron chi connectivity index (χ2n) is 7.63. The van der Waals surface area contributed by atoms with Gasteiger partial charge in [-0.2, -0.15) is 13.2 Å². The molecule has 10 heteroatoms. The number of alkyl halides is 4. The molecule has 1 N–H and O–H groups in total. The molecule has 0 radical (unpaired) electrons. The van der Waals surface area contributed by atoms with Gasteiger partial charge in [-0.1, -0.05) is 6.08 Å². The number of hydrogen-bond acceptors (Lipinski definition) is 4. The number of rotatable bonds is 7. The molecular weight excluding hydrogens is 434 g/mol. The van der Waals surface area contributed by atoms with Crippen molar-refractivity contribution < 1.29 is 41.7 Å². The molecule has 0 saturated heterocycles. The maximum atomic E-state index is 13.3. The van der Waals surface area contributed by atoms with Gasteiger partial charge in [0.15, 0.2) is 0 Å². The van der Waals surface area contributed by atoms with E-state index in [0.29, 0.717) is 18.9 Å². The Bertz CT molecular complexity index is 1070. The van der Waals surface area contributed by atoms with E-state index in [1.54, 1.807) is 12.1 Å². The maximum absolute atomic E-state index is 13.3. The van der Waals surface area contributed by atoms with Crippen molar-refractivity contribution in [3.05, 3.63) is 53.4 Å². The van der Waals surface area contributed by atoms with Crippen molar-refractivity contribution >= 4 is 16.9 Å². The van der Waals surface area contributed by atoms with Crippen LogP contribution in [0.25, 0.3) is 10.9 Å². The van der Waals surface area contributed by atoms with Gasteiger partial charge in [0.2, 0.25) is 6.86 Å². The number of nitrogens with zero attached hydrogens (tertiary/aromatic N) is 1. The van der Waals surface area contributed by atoms with Gasteiger partial charge in [0, 0.05) is 29.1 Å². The second-order valence-corrected chi connectivity index (χ2v) is 7.63. The van der Waals surface area contributed by atoms with Crippen LogP contribution in [0.3, 0.4) is 0 Å². The van der Waals surface area contributed by atoms with Crippen LogP contribution in [0.4, 0.5) is 17.6 Å². The first-order valence-electron chi connectivity index (χ1n) is 10.0. The summed E-state index contributed by atoms with van der Waals surface area (Å²) < 4.78 is 70.0. The standard InChI is InChI=1S/C22H21F4NO5/c23-12-32-19-4-1-13(7-16(19)22(24,25)26)11-31-15-2-3-17-14(8-15)9-18-20(10-21(28)29)30-6-5-27(17)18/h1-4,8-9,13,20H,5-7,10-12H2,(H,28,29). The third-order valence-electron chi connectivity index (χ3n) is 5.53. The van der Waals surface area contributed by atoms with E-state index in [9.17, 15) is 22.4 Å². The van der Waals surface area contributed by atoms with Crippen LogP contribution in [0, 0.1) is 5.92 Å². The highest BCUT2D eigenvalue weighted by atomic mass is 19.4. The molecule has 2 aromatic rings. The molecule has 32 heavy (non-hydrogen) atoms. The Hall–Kier alpha value is -3.01. The molecule has 1 aromatic heterocycles. The van der Waals surface area contributed by atoms with Crippen molar-refractivity contribution in [1.82, 2.24) is 4.57 Å². The zero-order chi connectivity index (χ0) is 22.9. The Morgan fingerprint density at radius 1 is 1.25 bits per heavy atom. The predicted molar refractivity (Wildman–Crippen MR) is 106 cm³/mol. The van der Waals surface area contributed by atoms with Gasteiger partial charge in [0.1, 0.15) is 17.6 Å². The van der Waals surface area contributed by atoms with Gasteiger partial charge in [-0.15, -0.1) is 0 Å². The van der Waals surface area contributed by atoms with E-state index >= 15 is 0 Å². The number of hydrogen-bond donors (Lipinski definition) is 1. The molecule has 1 aliphatic carbocycles. The van der Waals surface area contributed by atoms with E-state index in [4.69, 9.17) is 14.6 Å². The summed E-state index contributed by atoms with van der Waals surface area (Å²) >= 11 is 0. The van der Waals surface area contributed by atoms with Crippen LogP contribution >= 0.6 is 0 Å². The average Bonchev–Trinajstić information content (AvgIpc) is 3.11. The van der Waals surface area contributed by atoms with Crippen molar-refractivity contribution in [3.63, 3.8) is 0 Å². The second kappa shape index (κ2) is 8.85. The first-order valence-corrected chi connectivity index (χ1v) is 10.0. The Morgan fingerprint density at radius 2 is 2.06 bits per heavy atom. The minimum atomic E-state index is -4.62. The summed E-state index contributed by atoms with van der Waals surface area (Å²) in [7, 11) is 0. The van der Waals surface area contributed by atoms with Crippen LogP contribution in [-0.4, -0.2) is 41.9 Å². The topological polar surface area (TPSA) is 69.9 Å². The normalized spacial score (nSPS) is 21.0. The minimum absolute atomic E-state index is 0.00279. The fourth-order valence-corrected chi connectivity index (χ4v) is 4.09. The lowest BCUT2D eigenvalue weighted by Crippen LogP contribution is -2.23. The van der Waals surface area contributed by atoms with Gasteiger partial charge in [-0.3, -0.25) is 4.79 Å². The largest absolute Gasteiger partial charge is 0.493 e. The molecule has 2 heterocycles. The Labute approximate surface area is 180 Å². The van der Waals surface area contributed by atoms with Gasteiger partial charge >= 0.3 is 12.1 Å².